The Labute approximate surface area is 114 Å². The first-order chi connectivity index (χ1) is 9.28. The molecular formula is C16H19NO2. The minimum atomic E-state index is 0.829. The second-order valence-corrected chi connectivity index (χ2v) is 4.30. The van der Waals surface area contributed by atoms with E-state index in [0.29, 0.717) is 0 Å². The fourth-order valence-corrected chi connectivity index (χ4v) is 2.09. The molecule has 0 atom stereocenters. The van der Waals surface area contributed by atoms with E-state index in [9.17, 15) is 0 Å². The molecule has 0 unspecified atom stereocenters. The summed E-state index contributed by atoms with van der Waals surface area (Å²) in [5.74, 6) is 1.68. The van der Waals surface area contributed by atoms with Crippen LogP contribution in [-0.2, 0) is 6.54 Å². The average Bonchev–Trinajstić information content (AvgIpc) is 2.47. The van der Waals surface area contributed by atoms with E-state index in [2.05, 4.69) is 29.6 Å². The highest BCUT2D eigenvalue weighted by Crippen LogP contribution is 2.33. The molecule has 19 heavy (non-hydrogen) atoms. The molecule has 0 aliphatic heterocycles. The highest BCUT2D eigenvalue weighted by atomic mass is 16.5. The van der Waals surface area contributed by atoms with E-state index in [0.717, 1.165) is 29.2 Å². The van der Waals surface area contributed by atoms with Crippen LogP contribution in [0.2, 0.25) is 0 Å². The fraction of sp³-hybridized carbons (Fsp3) is 0.250. The van der Waals surface area contributed by atoms with Gasteiger partial charge in [-0.05, 0) is 42.4 Å². The Morgan fingerprint density at radius 2 is 1.84 bits per heavy atom. The van der Waals surface area contributed by atoms with Crippen molar-refractivity contribution in [2.45, 2.75) is 6.54 Å². The minimum absolute atomic E-state index is 0.829. The molecule has 0 spiro atoms. The highest BCUT2D eigenvalue weighted by molar-refractivity contribution is 5.72. The smallest absolute Gasteiger partial charge is 0.126 e. The van der Waals surface area contributed by atoms with Crippen LogP contribution in [0, 0.1) is 0 Å². The highest BCUT2D eigenvalue weighted by Gasteiger charge is 2.08. The minimum Gasteiger partial charge on any atom is -0.497 e. The summed E-state index contributed by atoms with van der Waals surface area (Å²) in [6.45, 7) is 0.847. The summed E-state index contributed by atoms with van der Waals surface area (Å²) >= 11 is 0. The summed E-state index contributed by atoms with van der Waals surface area (Å²) in [5.41, 5.74) is 3.41. The number of benzene rings is 2. The van der Waals surface area contributed by atoms with Crippen molar-refractivity contribution in [3.8, 4) is 22.6 Å². The van der Waals surface area contributed by atoms with Gasteiger partial charge in [0.25, 0.3) is 0 Å². The Morgan fingerprint density at radius 1 is 1.00 bits per heavy atom. The average molecular weight is 257 g/mol. The van der Waals surface area contributed by atoms with Crippen LogP contribution in [0.15, 0.2) is 42.5 Å². The monoisotopic (exact) mass is 257 g/mol. The van der Waals surface area contributed by atoms with Crippen LogP contribution in [0.5, 0.6) is 11.5 Å². The van der Waals surface area contributed by atoms with E-state index in [1.54, 1.807) is 14.2 Å². The van der Waals surface area contributed by atoms with Gasteiger partial charge >= 0.3 is 0 Å². The SMILES string of the molecule is CNCc1cccc(-c2cc(OC)ccc2OC)c1. The Kier molecular flexibility index (Phi) is 4.42. The zero-order valence-corrected chi connectivity index (χ0v) is 11.6. The molecule has 0 heterocycles. The zero-order chi connectivity index (χ0) is 13.7. The molecule has 0 radical (unpaired) electrons. The van der Waals surface area contributed by atoms with Gasteiger partial charge in [-0.3, -0.25) is 0 Å². The molecule has 2 rings (SSSR count). The lowest BCUT2D eigenvalue weighted by Gasteiger charge is -2.11. The third-order valence-corrected chi connectivity index (χ3v) is 3.03. The predicted octanol–water partition coefficient (Wildman–Crippen LogP) is 3.09. The molecule has 0 amide bonds. The number of hydrogen-bond donors (Lipinski definition) is 1. The van der Waals surface area contributed by atoms with Gasteiger partial charge in [-0.2, -0.15) is 0 Å². The van der Waals surface area contributed by atoms with Crippen molar-refractivity contribution in [3.05, 3.63) is 48.0 Å². The van der Waals surface area contributed by atoms with Crippen LogP contribution >= 0.6 is 0 Å². The summed E-state index contributed by atoms with van der Waals surface area (Å²) in [7, 11) is 5.30. The lowest BCUT2D eigenvalue weighted by atomic mass is 10.0. The van der Waals surface area contributed by atoms with Gasteiger partial charge in [-0.25, -0.2) is 0 Å². The van der Waals surface area contributed by atoms with Crippen LogP contribution in [0.3, 0.4) is 0 Å². The van der Waals surface area contributed by atoms with Crippen LogP contribution in [-0.4, -0.2) is 21.3 Å². The Morgan fingerprint density at radius 3 is 2.53 bits per heavy atom. The standard InChI is InChI=1S/C16H19NO2/c1-17-11-12-5-4-6-13(9-12)15-10-14(18-2)7-8-16(15)19-3/h4-10,17H,11H2,1-3H3. The molecule has 0 saturated heterocycles. The third-order valence-electron chi connectivity index (χ3n) is 3.03. The topological polar surface area (TPSA) is 30.5 Å². The van der Waals surface area contributed by atoms with Crippen molar-refractivity contribution < 1.29 is 9.47 Å². The first-order valence-corrected chi connectivity index (χ1v) is 6.24. The van der Waals surface area contributed by atoms with Gasteiger partial charge in [-0.15, -0.1) is 0 Å². The van der Waals surface area contributed by atoms with Crippen LogP contribution in [0.1, 0.15) is 5.56 Å². The molecule has 1 N–H and O–H groups in total. The van der Waals surface area contributed by atoms with E-state index in [-0.39, 0.29) is 0 Å². The Bertz CT molecular complexity index is 552. The maximum absolute atomic E-state index is 5.43. The van der Waals surface area contributed by atoms with Gasteiger partial charge in [0.05, 0.1) is 14.2 Å². The molecule has 0 aliphatic rings. The largest absolute Gasteiger partial charge is 0.497 e. The zero-order valence-electron chi connectivity index (χ0n) is 11.6. The van der Waals surface area contributed by atoms with Crippen LogP contribution in [0.25, 0.3) is 11.1 Å². The summed E-state index contributed by atoms with van der Waals surface area (Å²) in [4.78, 5) is 0. The molecule has 0 bridgehead atoms. The summed E-state index contributed by atoms with van der Waals surface area (Å²) < 4.78 is 10.7. The van der Waals surface area contributed by atoms with Gasteiger partial charge in [0, 0.05) is 12.1 Å². The third kappa shape index (κ3) is 3.06. The van der Waals surface area contributed by atoms with Crippen molar-refractivity contribution in [2.75, 3.05) is 21.3 Å². The lowest BCUT2D eigenvalue weighted by molar-refractivity contribution is 0.404. The normalized spacial score (nSPS) is 10.3. The number of methoxy groups -OCH3 is 2. The molecule has 2 aromatic carbocycles. The number of ether oxygens (including phenoxy) is 2. The van der Waals surface area contributed by atoms with Crippen molar-refractivity contribution >= 4 is 0 Å². The van der Waals surface area contributed by atoms with Crippen molar-refractivity contribution in [2.24, 2.45) is 0 Å². The molecule has 0 fully saturated rings. The van der Waals surface area contributed by atoms with Crippen molar-refractivity contribution in [1.82, 2.24) is 5.32 Å². The maximum atomic E-state index is 5.43. The van der Waals surface area contributed by atoms with Gasteiger partial charge < -0.3 is 14.8 Å². The molecule has 0 aliphatic carbocycles. The van der Waals surface area contributed by atoms with E-state index >= 15 is 0 Å². The van der Waals surface area contributed by atoms with Gasteiger partial charge in [0.1, 0.15) is 11.5 Å². The number of nitrogens with one attached hydrogen (secondary N) is 1. The lowest BCUT2D eigenvalue weighted by Crippen LogP contribution is -2.04. The number of hydrogen-bond acceptors (Lipinski definition) is 3. The quantitative estimate of drug-likeness (QED) is 0.893. The maximum Gasteiger partial charge on any atom is 0.126 e. The van der Waals surface area contributed by atoms with E-state index in [1.165, 1.54) is 5.56 Å². The molecular weight excluding hydrogens is 238 g/mol. The molecule has 100 valence electrons. The van der Waals surface area contributed by atoms with Crippen molar-refractivity contribution in [3.63, 3.8) is 0 Å². The first kappa shape index (κ1) is 13.4. The van der Waals surface area contributed by atoms with Crippen molar-refractivity contribution in [1.29, 1.82) is 0 Å². The molecule has 0 aromatic heterocycles. The van der Waals surface area contributed by atoms with Gasteiger partial charge in [0.2, 0.25) is 0 Å². The fourth-order valence-electron chi connectivity index (χ4n) is 2.09. The molecule has 3 nitrogen and oxygen atoms in total. The number of rotatable bonds is 5. The molecule has 2 aromatic rings. The summed E-state index contributed by atoms with van der Waals surface area (Å²) in [5, 5.41) is 3.16. The van der Waals surface area contributed by atoms with E-state index < -0.39 is 0 Å². The molecule has 0 saturated carbocycles. The summed E-state index contributed by atoms with van der Waals surface area (Å²) in [6, 6.07) is 14.2. The first-order valence-electron chi connectivity index (χ1n) is 6.24. The second kappa shape index (κ2) is 6.25. The Balaban J connectivity index is 2.47. The Hall–Kier alpha value is -2.00. The van der Waals surface area contributed by atoms with Gasteiger partial charge in [-0.1, -0.05) is 18.2 Å². The van der Waals surface area contributed by atoms with Crippen LogP contribution in [0.4, 0.5) is 0 Å². The second-order valence-electron chi connectivity index (χ2n) is 4.30. The van der Waals surface area contributed by atoms with Crippen LogP contribution < -0.4 is 14.8 Å². The van der Waals surface area contributed by atoms with E-state index in [4.69, 9.17) is 9.47 Å². The molecule has 3 heteroatoms. The predicted molar refractivity (Wildman–Crippen MR) is 77.7 cm³/mol. The van der Waals surface area contributed by atoms with E-state index in [1.807, 2.05) is 25.2 Å². The summed E-state index contributed by atoms with van der Waals surface area (Å²) in [6.07, 6.45) is 0. The van der Waals surface area contributed by atoms with Gasteiger partial charge in [0.15, 0.2) is 0 Å².